The maximum absolute atomic E-state index is 6.09. The molecule has 3 aromatic carbocycles. The molecule has 1 aliphatic heterocycles. The summed E-state index contributed by atoms with van der Waals surface area (Å²) in [5.41, 5.74) is 7.74. The number of para-hydroxylation sites is 1. The Morgan fingerprint density at radius 1 is 0.850 bits per heavy atom. The number of nitrogens with zero attached hydrogens (tertiary/aromatic N) is 3. The van der Waals surface area contributed by atoms with Crippen molar-refractivity contribution < 1.29 is 4.74 Å². The molecule has 1 aliphatic rings. The maximum atomic E-state index is 6.09. The van der Waals surface area contributed by atoms with Gasteiger partial charge in [0, 0.05) is 27.7 Å². The first-order valence-corrected chi connectivity index (χ1v) is 14.4. The molecule has 5 nitrogen and oxygen atoms in total. The van der Waals surface area contributed by atoms with Crippen LogP contribution in [0.4, 0.5) is 5.69 Å². The Kier molecular flexibility index (Phi) is 7.17. The van der Waals surface area contributed by atoms with Gasteiger partial charge in [-0.2, -0.15) is 0 Å². The molecule has 6 rings (SSSR count). The average Bonchev–Trinajstić information content (AvgIpc) is 3.46. The summed E-state index contributed by atoms with van der Waals surface area (Å²) in [5, 5.41) is 4.24. The number of pyridine rings is 1. The quantitative estimate of drug-likeness (QED) is 0.196. The van der Waals surface area contributed by atoms with Crippen molar-refractivity contribution in [1.29, 1.82) is 0 Å². The summed E-state index contributed by atoms with van der Waals surface area (Å²) in [6, 6.07) is 32.6. The number of ether oxygens (including phenoxy) is 1. The van der Waals surface area contributed by atoms with Gasteiger partial charge in [0.05, 0.1) is 23.5 Å². The molecule has 2 atom stereocenters. The fourth-order valence-electron chi connectivity index (χ4n) is 5.46. The smallest absolute Gasteiger partial charge is 0.174 e. The fraction of sp³-hybridized carbons (Fsp3) is 0.152. The number of benzene rings is 3. The van der Waals surface area contributed by atoms with Gasteiger partial charge < -0.3 is 19.5 Å². The van der Waals surface area contributed by atoms with Gasteiger partial charge in [-0.05, 0) is 121 Å². The maximum Gasteiger partial charge on any atom is 0.174 e. The Hall–Kier alpha value is -3.94. The van der Waals surface area contributed by atoms with Crippen LogP contribution in [0, 0.1) is 20.8 Å². The molecule has 2 aromatic heterocycles. The first kappa shape index (κ1) is 26.3. The van der Waals surface area contributed by atoms with Gasteiger partial charge in [0.25, 0.3) is 0 Å². The van der Waals surface area contributed by atoms with Gasteiger partial charge in [0.1, 0.15) is 11.5 Å². The fourth-order valence-corrected chi connectivity index (χ4v) is 6.27. The van der Waals surface area contributed by atoms with E-state index in [9.17, 15) is 0 Å². The van der Waals surface area contributed by atoms with Crippen LogP contribution in [0.2, 0.25) is 0 Å². The molecule has 0 amide bonds. The molecular weight excluding hydrogens is 580 g/mol. The zero-order chi connectivity index (χ0) is 27.8. The predicted molar refractivity (Wildman–Crippen MR) is 169 cm³/mol. The highest BCUT2D eigenvalue weighted by atomic mass is 79.9. The van der Waals surface area contributed by atoms with Crippen molar-refractivity contribution in [3.63, 3.8) is 0 Å². The lowest BCUT2D eigenvalue weighted by atomic mass is 9.96. The largest absolute Gasteiger partial charge is 0.457 e. The lowest BCUT2D eigenvalue weighted by Crippen LogP contribution is -2.29. The number of nitrogens with one attached hydrogen (secondary N) is 1. The molecule has 0 saturated carbocycles. The standard InChI is InChI=1S/C33H29BrN4OS/c1-21-11-15-25(16-12-21)39-26-17-13-24(14-18-26)38-32(31(36-33(38)40)29-9-6-7-19-35-29)27-20-22(2)37(23(27)3)30-10-5-4-8-28(30)34/h4-20,31-32H,1-3H3,(H,36,40)/t31-,32+/m0/s1. The first-order valence-electron chi connectivity index (χ1n) is 13.2. The Labute approximate surface area is 248 Å². The van der Waals surface area contributed by atoms with Gasteiger partial charge in [-0.1, -0.05) is 35.9 Å². The lowest BCUT2D eigenvalue weighted by molar-refractivity contribution is 0.482. The molecule has 200 valence electrons. The van der Waals surface area contributed by atoms with Crippen LogP contribution >= 0.6 is 28.1 Å². The molecular formula is C33H29BrN4OS. The Balaban J connectivity index is 1.41. The highest BCUT2D eigenvalue weighted by molar-refractivity contribution is 9.10. The minimum atomic E-state index is -0.120. The van der Waals surface area contributed by atoms with E-state index >= 15 is 0 Å². The van der Waals surface area contributed by atoms with E-state index in [1.54, 1.807) is 0 Å². The van der Waals surface area contributed by atoms with Crippen LogP contribution < -0.4 is 15.0 Å². The zero-order valence-corrected chi connectivity index (χ0v) is 24.9. The highest BCUT2D eigenvalue weighted by Gasteiger charge is 2.42. The number of thiocarbonyl (C=S) groups is 1. The summed E-state index contributed by atoms with van der Waals surface area (Å²) in [5.74, 6) is 1.58. The zero-order valence-electron chi connectivity index (χ0n) is 22.5. The number of aromatic nitrogens is 2. The van der Waals surface area contributed by atoms with Crippen LogP contribution in [0.15, 0.2) is 108 Å². The SMILES string of the molecule is Cc1ccc(Oc2ccc(N3C(=S)N[C@@H](c4ccccn4)[C@H]3c3cc(C)n(-c4ccccc4Br)c3C)cc2)cc1. The first-order chi connectivity index (χ1) is 19.4. The summed E-state index contributed by atoms with van der Waals surface area (Å²) >= 11 is 9.71. The topological polar surface area (TPSA) is 42.3 Å². The molecule has 0 spiro atoms. The van der Waals surface area contributed by atoms with Gasteiger partial charge in [0.2, 0.25) is 0 Å². The number of hydrogen-bond donors (Lipinski definition) is 1. The minimum Gasteiger partial charge on any atom is -0.457 e. The third-order valence-corrected chi connectivity index (χ3v) is 8.34. The van der Waals surface area contributed by atoms with Crippen LogP contribution in [0.3, 0.4) is 0 Å². The molecule has 0 aliphatic carbocycles. The molecule has 0 unspecified atom stereocenters. The molecule has 40 heavy (non-hydrogen) atoms. The van der Waals surface area contributed by atoms with Gasteiger partial charge in [-0.25, -0.2) is 0 Å². The van der Waals surface area contributed by atoms with Crippen molar-refractivity contribution >= 4 is 38.9 Å². The second-order valence-corrected chi connectivity index (χ2v) is 11.3. The molecule has 0 bridgehead atoms. The second-order valence-electron chi connectivity index (χ2n) is 10.0. The van der Waals surface area contributed by atoms with Crippen molar-refractivity contribution in [2.45, 2.75) is 32.9 Å². The van der Waals surface area contributed by atoms with Crippen LogP contribution in [-0.4, -0.2) is 14.7 Å². The third kappa shape index (κ3) is 4.91. The third-order valence-electron chi connectivity index (χ3n) is 7.35. The number of rotatable bonds is 6. The van der Waals surface area contributed by atoms with E-state index in [1.807, 2.05) is 60.8 Å². The molecule has 1 fully saturated rings. The molecule has 1 saturated heterocycles. The van der Waals surface area contributed by atoms with E-state index < -0.39 is 0 Å². The van der Waals surface area contributed by atoms with Crippen LogP contribution in [0.5, 0.6) is 11.5 Å². The summed E-state index contributed by atoms with van der Waals surface area (Å²) < 4.78 is 9.44. The predicted octanol–water partition coefficient (Wildman–Crippen LogP) is 8.53. The van der Waals surface area contributed by atoms with E-state index in [-0.39, 0.29) is 12.1 Å². The normalized spacial score (nSPS) is 16.7. The van der Waals surface area contributed by atoms with Crippen molar-refractivity contribution in [1.82, 2.24) is 14.9 Å². The molecule has 3 heterocycles. The average molecular weight is 610 g/mol. The molecule has 7 heteroatoms. The van der Waals surface area contributed by atoms with Crippen LogP contribution in [-0.2, 0) is 0 Å². The number of halogens is 1. The van der Waals surface area contributed by atoms with Crippen molar-refractivity contribution in [2.24, 2.45) is 0 Å². The lowest BCUT2D eigenvalue weighted by Gasteiger charge is -2.28. The minimum absolute atomic E-state index is 0.103. The van der Waals surface area contributed by atoms with Gasteiger partial charge in [0.15, 0.2) is 5.11 Å². The summed E-state index contributed by atoms with van der Waals surface area (Å²) in [6.45, 7) is 6.39. The van der Waals surface area contributed by atoms with E-state index in [0.717, 1.165) is 44.4 Å². The van der Waals surface area contributed by atoms with Crippen molar-refractivity contribution in [3.05, 3.63) is 136 Å². The number of anilines is 1. The van der Waals surface area contributed by atoms with E-state index in [4.69, 9.17) is 21.9 Å². The number of aryl methyl sites for hydroxylation is 2. The highest BCUT2D eigenvalue weighted by Crippen LogP contribution is 2.44. The van der Waals surface area contributed by atoms with Crippen LogP contribution in [0.25, 0.3) is 5.69 Å². The van der Waals surface area contributed by atoms with Crippen molar-refractivity contribution in [3.8, 4) is 17.2 Å². The van der Waals surface area contributed by atoms with Crippen molar-refractivity contribution in [2.75, 3.05) is 4.90 Å². The summed E-state index contributed by atoms with van der Waals surface area (Å²) in [7, 11) is 0. The Bertz CT molecular complexity index is 1670. The monoisotopic (exact) mass is 608 g/mol. The Morgan fingerprint density at radius 3 is 2.20 bits per heavy atom. The molecule has 5 aromatic rings. The van der Waals surface area contributed by atoms with Gasteiger partial charge >= 0.3 is 0 Å². The second kappa shape index (κ2) is 10.9. The number of hydrogen-bond acceptors (Lipinski definition) is 3. The van der Waals surface area contributed by atoms with E-state index in [1.165, 1.54) is 11.1 Å². The van der Waals surface area contributed by atoms with E-state index in [2.05, 4.69) is 93.9 Å². The summed E-state index contributed by atoms with van der Waals surface area (Å²) in [6.07, 6.45) is 1.83. The van der Waals surface area contributed by atoms with Crippen LogP contribution in [0.1, 0.15) is 40.3 Å². The van der Waals surface area contributed by atoms with Gasteiger partial charge in [-0.3, -0.25) is 4.98 Å². The Morgan fingerprint density at radius 2 is 1.52 bits per heavy atom. The van der Waals surface area contributed by atoms with E-state index in [0.29, 0.717) is 5.11 Å². The van der Waals surface area contributed by atoms with Gasteiger partial charge in [-0.15, -0.1) is 0 Å². The molecule has 0 radical (unpaired) electrons. The molecule has 1 N–H and O–H groups in total. The summed E-state index contributed by atoms with van der Waals surface area (Å²) in [4.78, 5) is 6.92.